The lowest BCUT2D eigenvalue weighted by atomic mass is 9.99. The molecule has 0 aliphatic heterocycles. The highest BCUT2D eigenvalue weighted by molar-refractivity contribution is 8.00. The first-order valence-electron chi connectivity index (χ1n) is 5.49. The number of rotatable bonds is 2. The maximum atomic E-state index is 11.3. The first-order chi connectivity index (χ1) is 7.25. The normalized spacial score (nSPS) is 21.7. The lowest BCUT2D eigenvalue weighted by Crippen LogP contribution is -2.16. The van der Waals surface area contributed by atoms with Crippen molar-refractivity contribution in [3.05, 3.63) is 29.8 Å². The molecule has 1 aliphatic carbocycles. The Kier molecular flexibility index (Phi) is 3.47. The molecule has 15 heavy (non-hydrogen) atoms. The number of ketones is 1. The molecule has 0 bridgehead atoms. The van der Waals surface area contributed by atoms with Crippen LogP contribution in [0.4, 0.5) is 0 Å². The van der Waals surface area contributed by atoms with Crippen molar-refractivity contribution in [1.82, 2.24) is 0 Å². The second-order valence-electron chi connectivity index (χ2n) is 4.14. The fraction of sp³-hybridized carbons (Fsp3) is 0.462. The first kappa shape index (κ1) is 10.7. The summed E-state index contributed by atoms with van der Waals surface area (Å²) in [4.78, 5) is 12.7. The zero-order valence-corrected chi connectivity index (χ0v) is 9.85. The van der Waals surface area contributed by atoms with E-state index in [-0.39, 0.29) is 0 Å². The van der Waals surface area contributed by atoms with Crippen LogP contribution in [-0.2, 0) is 4.79 Å². The zero-order valence-electron chi connectivity index (χ0n) is 9.03. The quantitative estimate of drug-likeness (QED) is 0.757. The fourth-order valence-electron chi connectivity index (χ4n) is 1.95. The van der Waals surface area contributed by atoms with Crippen molar-refractivity contribution >= 4 is 17.5 Å². The Balaban J connectivity index is 2.02. The number of carbonyl (C=O) groups is 1. The minimum absolute atomic E-state index is 0.437. The summed E-state index contributed by atoms with van der Waals surface area (Å²) < 4.78 is 0. The van der Waals surface area contributed by atoms with Gasteiger partial charge in [0.15, 0.2) is 0 Å². The summed E-state index contributed by atoms with van der Waals surface area (Å²) in [7, 11) is 0. The van der Waals surface area contributed by atoms with Gasteiger partial charge in [-0.25, -0.2) is 0 Å². The van der Waals surface area contributed by atoms with E-state index in [1.54, 1.807) is 0 Å². The lowest BCUT2D eigenvalue weighted by Gasteiger charge is -2.20. The van der Waals surface area contributed by atoms with Gasteiger partial charge in [0.05, 0.1) is 0 Å². The van der Waals surface area contributed by atoms with Crippen LogP contribution in [0.15, 0.2) is 29.2 Å². The molecule has 0 heterocycles. The first-order valence-corrected chi connectivity index (χ1v) is 6.37. The molecule has 80 valence electrons. The summed E-state index contributed by atoms with van der Waals surface area (Å²) in [5, 5.41) is 0.507. The number of Topliss-reactive ketones (excluding diaryl/α,β-unsaturated/α-hetero) is 1. The average Bonchev–Trinajstić information content (AvgIpc) is 2.22. The summed E-state index contributed by atoms with van der Waals surface area (Å²) in [6.07, 6.45) is 3.82. The van der Waals surface area contributed by atoms with E-state index in [1.165, 1.54) is 16.9 Å². The molecule has 0 aromatic heterocycles. The molecule has 0 radical (unpaired) electrons. The van der Waals surface area contributed by atoms with Crippen molar-refractivity contribution in [3.8, 4) is 0 Å². The Morgan fingerprint density at radius 2 is 2.13 bits per heavy atom. The molecular weight excluding hydrogens is 204 g/mol. The molecule has 1 aromatic rings. The third kappa shape index (κ3) is 2.85. The predicted octanol–water partition coefficient (Wildman–Crippen LogP) is 3.60. The predicted molar refractivity (Wildman–Crippen MR) is 64.3 cm³/mol. The van der Waals surface area contributed by atoms with E-state index in [0.29, 0.717) is 11.0 Å². The summed E-state index contributed by atoms with van der Waals surface area (Å²) in [5.74, 6) is 0.437. The maximum absolute atomic E-state index is 11.3. The van der Waals surface area contributed by atoms with Gasteiger partial charge in [0, 0.05) is 23.0 Å². The second kappa shape index (κ2) is 4.84. The molecule has 1 aliphatic rings. The molecule has 1 atom stereocenters. The molecule has 0 N–H and O–H groups in total. The van der Waals surface area contributed by atoms with E-state index in [2.05, 4.69) is 31.2 Å². The minimum Gasteiger partial charge on any atom is -0.300 e. The third-order valence-electron chi connectivity index (χ3n) is 2.82. The van der Waals surface area contributed by atoms with E-state index in [9.17, 15) is 4.79 Å². The van der Waals surface area contributed by atoms with Crippen LogP contribution >= 0.6 is 11.8 Å². The number of thioether (sulfide) groups is 1. The van der Waals surface area contributed by atoms with Crippen molar-refractivity contribution in [2.75, 3.05) is 0 Å². The summed E-state index contributed by atoms with van der Waals surface area (Å²) in [6.45, 7) is 2.13. The molecule has 0 unspecified atom stereocenters. The van der Waals surface area contributed by atoms with E-state index in [0.717, 1.165) is 19.3 Å². The summed E-state index contributed by atoms with van der Waals surface area (Å²) in [5.41, 5.74) is 1.32. The Morgan fingerprint density at radius 1 is 1.33 bits per heavy atom. The molecule has 0 saturated heterocycles. The smallest absolute Gasteiger partial charge is 0.134 e. The highest BCUT2D eigenvalue weighted by atomic mass is 32.2. The second-order valence-corrected chi connectivity index (χ2v) is 5.48. The number of hydrogen-bond donors (Lipinski definition) is 0. The number of carbonyl (C=O) groups excluding carboxylic acids is 1. The number of aryl methyl sites for hydroxylation is 1. The zero-order chi connectivity index (χ0) is 10.7. The molecule has 2 rings (SSSR count). The largest absolute Gasteiger partial charge is 0.300 e. The fourth-order valence-corrected chi connectivity index (χ4v) is 3.28. The Bertz CT molecular complexity index is 359. The summed E-state index contributed by atoms with van der Waals surface area (Å²) >= 11 is 1.87. The summed E-state index contributed by atoms with van der Waals surface area (Å²) in [6, 6.07) is 8.41. The third-order valence-corrected chi connectivity index (χ3v) is 4.27. The van der Waals surface area contributed by atoms with E-state index < -0.39 is 0 Å². The SMILES string of the molecule is Cc1ccccc1S[C@@H]1CCCC(=O)C1. The van der Waals surface area contributed by atoms with Gasteiger partial charge in [0.1, 0.15) is 5.78 Å². The highest BCUT2D eigenvalue weighted by Gasteiger charge is 2.20. The van der Waals surface area contributed by atoms with Gasteiger partial charge in [0.25, 0.3) is 0 Å². The molecule has 0 spiro atoms. The van der Waals surface area contributed by atoms with E-state index >= 15 is 0 Å². The highest BCUT2D eigenvalue weighted by Crippen LogP contribution is 2.33. The van der Waals surface area contributed by atoms with Crippen LogP contribution < -0.4 is 0 Å². The lowest BCUT2D eigenvalue weighted by molar-refractivity contribution is -0.120. The van der Waals surface area contributed by atoms with Crippen LogP contribution in [0.5, 0.6) is 0 Å². The van der Waals surface area contributed by atoms with Gasteiger partial charge < -0.3 is 0 Å². The maximum Gasteiger partial charge on any atom is 0.134 e. The average molecular weight is 220 g/mol. The van der Waals surface area contributed by atoms with Crippen LogP contribution in [0.1, 0.15) is 31.2 Å². The van der Waals surface area contributed by atoms with Crippen LogP contribution in [0.2, 0.25) is 0 Å². The molecule has 2 heteroatoms. The van der Waals surface area contributed by atoms with Crippen LogP contribution in [0.25, 0.3) is 0 Å². The van der Waals surface area contributed by atoms with Crippen molar-refractivity contribution in [2.24, 2.45) is 0 Å². The molecule has 0 amide bonds. The molecule has 1 fully saturated rings. The Hall–Kier alpha value is -0.760. The molecular formula is C13H16OS. The number of hydrogen-bond acceptors (Lipinski definition) is 2. The van der Waals surface area contributed by atoms with Gasteiger partial charge in [-0.2, -0.15) is 0 Å². The monoisotopic (exact) mass is 220 g/mol. The molecule has 1 aromatic carbocycles. The molecule has 1 nitrogen and oxygen atoms in total. The Labute approximate surface area is 95.3 Å². The van der Waals surface area contributed by atoms with Gasteiger partial charge in [-0.3, -0.25) is 4.79 Å². The van der Waals surface area contributed by atoms with Gasteiger partial charge in [-0.1, -0.05) is 18.2 Å². The van der Waals surface area contributed by atoms with E-state index in [4.69, 9.17) is 0 Å². The standard InChI is InChI=1S/C13H16OS/c1-10-5-2-3-8-13(10)15-12-7-4-6-11(14)9-12/h2-3,5,8,12H,4,6-7,9H2,1H3/t12-/m1/s1. The van der Waals surface area contributed by atoms with Gasteiger partial charge in [-0.05, 0) is 31.4 Å². The Morgan fingerprint density at radius 3 is 2.87 bits per heavy atom. The van der Waals surface area contributed by atoms with Gasteiger partial charge >= 0.3 is 0 Å². The van der Waals surface area contributed by atoms with Crippen molar-refractivity contribution in [2.45, 2.75) is 42.8 Å². The van der Waals surface area contributed by atoms with Crippen LogP contribution in [0, 0.1) is 6.92 Å². The van der Waals surface area contributed by atoms with Crippen molar-refractivity contribution in [3.63, 3.8) is 0 Å². The van der Waals surface area contributed by atoms with E-state index in [1.807, 2.05) is 11.8 Å². The van der Waals surface area contributed by atoms with Crippen molar-refractivity contribution < 1.29 is 4.79 Å². The van der Waals surface area contributed by atoms with Gasteiger partial charge in [0.2, 0.25) is 0 Å². The van der Waals surface area contributed by atoms with Gasteiger partial charge in [-0.15, -0.1) is 11.8 Å². The number of benzene rings is 1. The van der Waals surface area contributed by atoms with Crippen LogP contribution in [-0.4, -0.2) is 11.0 Å². The van der Waals surface area contributed by atoms with Crippen molar-refractivity contribution in [1.29, 1.82) is 0 Å². The minimum atomic E-state index is 0.437. The topological polar surface area (TPSA) is 17.1 Å². The molecule has 1 saturated carbocycles. The van der Waals surface area contributed by atoms with Crippen LogP contribution in [0.3, 0.4) is 0 Å².